The van der Waals surface area contributed by atoms with Gasteiger partial charge in [0.05, 0.1) is 0 Å². The average molecular weight is 229 g/mol. The van der Waals surface area contributed by atoms with Gasteiger partial charge < -0.3 is 14.7 Å². The fraction of sp³-hybridized carbons (Fsp3) is 0.818. The second-order valence-electron chi connectivity index (χ2n) is 4.29. The highest BCUT2D eigenvalue weighted by atomic mass is 16.5. The van der Waals surface area contributed by atoms with E-state index in [1.165, 1.54) is 18.9 Å². The zero-order valence-corrected chi connectivity index (χ0v) is 9.81. The summed E-state index contributed by atoms with van der Waals surface area (Å²) in [6, 6.07) is -0.757. The van der Waals surface area contributed by atoms with E-state index in [1.54, 1.807) is 0 Å². The molecule has 1 aliphatic rings. The summed E-state index contributed by atoms with van der Waals surface area (Å²) in [5, 5.41) is 8.77. The van der Waals surface area contributed by atoms with Gasteiger partial charge in [0.2, 0.25) is 5.91 Å². The molecule has 0 saturated carbocycles. The molecule has 0 aliphatic carbocycles. The van der Waals surface area contributed by atoms with Crippen molar-refractivity contribution in [3.8, 4) is 0 Å². The Morgan fingerprint density at radius 2 is 2.25 bits per heavy atom. The second kappa shape index (κ2) is 5.84. The molecule has 5 heteroatoms. The highest BCUT2D eigenvalue weighted by molar-refractivity contribution is 5.83. The number of carboxylic acid groups (broad SMARTS) is 1. The molecule has 0 aromatic rings. The normalized spacial score (nSPS) is 21.8. The van der Waals surface area contributed by atoms with Crippen LogP contribution in [0.3, 0.4) is 0 Å². The monoisotopic (exact) mass is 229 g/mol. The highest BCUT2D eigenvalue weighted by Gasteiger charge is 2.23. The van der Waals surface area contributed by atoms with Crippen LogP contribution < -0.4 is 0 Å². The quantitative estimate of drug-likeness (QED) is 0.755. The average Bonchev–Trinajstić information content (AvgIpc) is 2.76. The number of carboxylic acids is 1. The molecule has 0 radical (unpaired) electrons. The summed E-state index contributed by atoms with van der Waals surface area (Å²) in [6.45, 7) is 3.02. The van der Waals surface area contributed by atoms with Crippen molar-refractivity contribution in [1.82, 2.24) is 4.90 Å². The fourth-order valence-electron chi connectivity index (χ4n) is 1.70. The molecule has 1 amide bonds. The number of carbonyl (C=O) groups is 2. The first-order chi connectivity index (χ1) is 7.52. The van der Waals surface area contributed by atoms with Crippen LogP contribution in [0.25, 0.3) is 0 Å². The smallest absolute Gasteiger partial charge is 0.326 e. The van der Waals surface area contributed by atoms with Crippen molar-refractivity contribution < 1.29 is 19.4 Å². The van der Waals surface area contributed by atoms with E-state index in [1.807, 2.05) is 0 Å². The van der Waals surface area contributed by atoms with Crippen molar-refractivity contribution in [1.29, 1.82) is 0 Å². The molecule has 1 N–H and O–H groups in total. The summed E-state index contributed by atoms with van der Waals surface area (Å²) < 4.78 is 5.22. The molecule has 2 atom stereocenters. The minimum Gasteiger partial charge on any atom is -0.480 e. The largest absolute Gasteiger partial charge is 0.480 e. The zero-order chi connectivity index (χ0) is 12.1. The van der Waals surface area contributed by atoms with Crippen LogP contribution >= 0.6 is 0 Å². The Balaban J connectivity index is 2.30. The lowest BCUT2D eigenvalue weighted by atomic mass is 10.0. The first kappa shape index (κ1) is 13.0. The van der Waals surface area contributed by atoms with Gasteiger partial charge in [0.1, 0.15) is 6.04 Å². The van der Waals surface area contributed by atoms with Crippen molar-refractivity contribution in [3.05, 3.63) is 0 Å². The number of ether oxygens (including phenoxy) is 1. The topological polar surface area (TPSA) is 66.8 Å². The highest BCUT2D eigenvalue weighted by Crippen LogP contribution is 2.18. The molecule has 5 nitrogen and oxygen atoms in total. The maximum Gasteiger partial charge on any atom is 0.326 e. The lowest BCUT2D eigenvalue weighted by Crippen LogP contribution is -2.40. The Morgan fingerprint density at radius 1 is 1.56 bits per heavy atom. The van der Waals surface area contributed by atoms with Gasteiger partial charge in [-0.3, -0.25) is 4.79 Å². The number of carbonyl (C=O) groups excluding carboxylic acids is 1. The molecule has 16 heavy (non-hydrogen) atoms. The number of rotatable bonds is 5. The van der Waals surface area contributed by atoms with E-state index in [0.29, 0.717) is 12.3 Å². The Hall–Kier alpha value is -1.10. The number of hydrogen-bond donors (Lipinski definition) is 1. The van der Waals surface area contributed by atoms with Crippen molar-refractivity contribution in [2.75, 3.05) is 20.3 Å². The fourth-order valence-corrected chi connectivity index (χ4v) is 1.70. The van der Waals surface area contributed by atoms with E-state index in [9.17, 15) is 9.59 Å². The third-order valence-corrected chi connectivity index (χ3v) is 3.12. The van der Waals surface area contributed by atoms with Gasteiger partial charge >= 0.3 is 5.97 Å². The zero-order valence-electron chi connectivity index (χ0n) is 9.81. The molecule has 0 aromatic heterocycles. The van der Waals surface area contributed by atoms with Gasteiger partial charge in [-0.25, -0.2) is 4.79 Å². The molecule has 0 bridgehead atoms. The summed E-state index contributed by atoms with van der Waals surface area (Å²) in [6.07, 6.45) is 2.20. The molecule has 1 fully saturated rings. The van der Waals surface area contributed by atoms with Gasteiger partial charge in [0, 0.05) is 26.7 Å². The van der Waals surface area contributed by atoms with E-state index in [4.69, 9.17) is 9.84 Å². The molecule has 1 heterocycles. The standard InChI is InChI=1S/C11H19NO4/c1-8(11(14)15)12(2)10(13)4-3-9-5-6-16-7-9/h8-9H,3-7H2,1-2H3,(H,14,15). The summed E-state index contributed by atoms with van der Waals surface area (Å²) >= 11 is 0. The maximum atomic E-state index is 11.7. The van der Waals surface area contributed by atoms with Crippen LogP contribution in [-0.2, 0) is 14.3 Å². The lowest BCUT2D eigenvalue weighted by Gasteiger charge is -2.21. The van der Waals surface area contributed by atoms with Crippen LogP contribution in [0.4, 0.5) is 0 Å². The van der Waals surface area contributed by atoms with Crippen molar-refractivity contribution in [2.24, 2.45) is 5.92 Å². The minimum absolute atomic E-state index is 0.109. The van der Waals surface area contributed by atoms with Gasteiger partial charge in [-0.2, -0.15) is 0 Å². The summed E-state index contributed by atoms with van der Waals surface area (Å²) in [5.41, 5.74) is 0. The number of hydrogen-bond acceptors (Lipinski definition) is 3. The van der Waals surface area contributed by atoms with E-state index in [2.05, 4.69) is 0 Å². The van der Waals surface area contributed by atoms with E-state index in [0.717, 1.165) is 26.1 Å². The molecule has 2 unspecified atom stereocenters. The Bertz CT molecular complexity index is 261. The predicted molar refractivity (Wildman–Crippen MR) is 58.0 cm³/mol. The van der Waals surface area contributed by atoms with Crippen LogP contribution in [0, 0.1) is 5.92 Å². The van der Waals surface area contributed by atoms with Crippen molar-refractivity contribution in [2.45, 2.75) is 32.2 Å². The van der Waals surface area contributed by atoms with Gasteiger partial charge in [-0.1, -0.05) is 0 Å². The molecule has 1 rings (SSSR count). The summed E-state index contributed by atoms with van der Waals surface area (Å²) in [4.78, 5) is 23.6. The molecular formula is C11H19NO4. The predicted octanol–water partition coefficient (Wildman–Crippen LogP) is 0.735. The van der Waals surface area contributed by atoms with E-state index in [-0.39, 0.29) is 5.91 Å². The van der Waals surface area contributed by atoms with Crippen LogP contribution in [0.15, 0.2) is 0 Å². The van der Waals surface area contributed by atoms with Crippen LogP contribution in [0.1, 0.15) is 26.2 Å². The van der Waals surface area contributed by atoms with Gasteiger partial charge in [-0.15, -0.1) is 0 Å². The second-order valence-corrected chi connectivity index (χ2v) is 4.29. The Kier molecular flexibility index (Phi) is 4.73. The Labute approximate surface area is 95.4 Å². The molecule has 1 aliphatic heterocycles. The van der Waals surface area contributed by atoms with Crippen LogP contribution in [-0.4, -0.2) is 48.2 Å². The molecular weight excluding hydrogens is 210 g/mol. The first-order valence-corrected chi connectivity index (χ1v) is 5.58. The molecule has 92 valence electrons. The summed E-state index contributed by atoms with van der Waals surface area (Å²) in [7, 11) is 1.53. The molecule has 1 saturated heterocycles. The minimum atomic E-state index is -0.972. The number of aliphatic carboxylic acids is 1. The third-order valence-electron chi connectivity index (χ3n) is 3.12. The summed E-state index contributed by atoms with van der Waals surface area (Å²) in [5.74, 6) is -0.626. The number of nitrogens with zero attached hydrogens (tertiary/aromatic N) is 1. The lowest BCUT2D eigenvalue weighted by molar-refractivity contribution is -0.148. The van der Waals surface area contributed by atoms with E-state index >= 15 is 0 Å². The number of likely N-dealkylation sites (N-methyl/N-ethyl adjacent to an activating group) is 1. The maximum absolute atomic E-state index is 11.7. The molecule has 0 spiro atoms. The number of amides is 1. The van der Waals surface area contributed by atoms with Crippen LogP contribution in [0.2, 0.25) is 0 Å². The van der Waals surface area contributed by atoms with Gasteiger partial charge in [-0.05, 0) is 25.7 Å². The van der Waals surface area contributed by atoms with Crippen LogP contribution in [0.5, 0.6) is 0 Å². The van der Waals surface area contributed by atoms with Gasteiger partial charge in [0.15, 0.2) is 0 Å². The SMILES string of the molecule is CC(C(=O)O)N(C)C(=O)CCC1CCOC1. The molecule has 0 aromatic carbocycles. The first-order valence-electron chi connectivity index (χ1n) is 5.58. The van der Waals surface area contributed by atoms with Crippen molar-refractivity contribution >= 4 is 11.9 Å². The van der Waals surface area contributed by atoms with Crippen molar-refractivity contribution in [3.63, 3.8) is 0 Å². The van der Waals surface area contributed by atoms with Gasteiger partial charge in [0.25, 0.3) is 0 Å². The third kappa shape index (κ3) is 3.48. The van der Waals surface area contributed by atoms with E-state index < -0.39 is 12.0 Å². The Morgan fingerprint density at radius 3 is 2.75 bits per heavy atom.